The zero-order valence-corrected chi connectivity index (χ0v) is 20.2. The predicted octanol–water partition coefficient (Wildman–Crippen LogP) is -3.79. The van der Waals surface area contributed by atoms with E-state index in [1.807, 2.05) is 13.8 Å². The Bertz CT molecular complexity index is 783. The summed E-state index contributed by atoms with van der Waals surface area (Å²) in [6, 6.07) is -5.33. The van der Waals surface area contributed by atoms with E-state index >= 15 is 0 Å². The first kappa shape index (κ1) is 31.5. The number of rotatable bonds is 16. The van der Waals surface area contributed by atoms with Crippen LogP contribution in [-0.2, 0) is 24.0 Å². The highest BCUT2D eigenvalue weighted by molar-refractivity contribution is 5.96. The molecule has 5 unspecified atom stereocenters. The van der Waals surface area contributed by atoms with Crippen molar-refractivity contribution >= 4 is 35.6 Å². The molecule has 15 heteroatoms. The van der Waals surface area contributed by atoms with Crippen LogP contribution < -0.4 is 38.9 Å². The molecule has 4 amide bonds. The van der Waals surface area contributed by atoms with Crippen LogP contribution in [0.1, 0.15) is 46.5 Å². The molecule has 0 bridgehead atoms. The van der Waals surface area contributed by atoms with Gasteiger partial charge in [-0.2, -0.15) is 0 Å². The Balaban J connectivity index is 5.63. The number of primary amides is 1. The van der Waals surface area contributed by atoms with Crippen molar-refractivity contribution < 1.29 is 34.2 Å². The number of guanidine groups is 1. The Kier molecular flexibility index (Phi) is 13.9. The number of aliphatic carboxylic acids is 1. The number of amides is 4. The van der Waals surface area contributed by atoms with E-state index < -0.39 is 66.3 Å². The number of hydrogen-bond donors (Lipinski definition) is 9. The SMILES string of the molecule is CC(C)CC(N)C(=O)NC(CC(N)=O)C(=O)NC(CCCN=C(N)N)C(=O)NC(C(=O)O)C(C)O. The zero-order valence-electron chi connectivity index (χ0n) is 20.2. The summed E-state index contributed by atoms with van der Waals surface area (Å²) in [6.07, 6.45) is -1.51. The van der Waals surface area contributed by atoms with Crippen LogP contribution in [0.5, 0.6) is 0 Å². The minimum atomic E-state index is -1.64. The summed E-state index contributed by atoms with van der Waals surface area (Å²) in [4.78, 5) is 64.6. The monoisotopic (exact) mass is 502 g/mol. The Hall–Kier alpha value is -3.46. The van der Waals surface area contributed by atoms with Crippen LogP contribution in [0.3, 0.4) is 0 Å². The van der Waals surface area contributed by atoms with Gasteiger partial charge in [0.25, 0.3) is 0 Å². The number of aliphatic hydroxyl groups is 1. The fourth-order valence-electron chi connectivity index (χ4n) is 2.99. The molecule has 0 spiro atoms. The molecule has 0 saturated heterocycles. The fraction of sp³-hybridized carbons (Fsp3) is 0.700. The molecule has 0 heterocycles. The quantitative estimate of drug-likeness (QED) is 0.0563. The van der Waals surface area contributed by atoms with Crippen LogP contribution in [-0.4, -0.2) is 82.6 Å². The van der Waals surface area contributed by atoms with E-state index in [9.17, 15) is 34.2 Å². The number of aliphatic hydroxyl groups excluding tert-OH is 1. The molecule has 35 heavy (non-hydrogen) atoms. The summed E-state index contributed by atoms with van der Waals surface area (Å²) >= 11 is 0. The van der Waals surface area contributed by atoms with Crippen LogP contribution in [0.15, 0.2) is 4.99 Å². The van der Waals surface area contributed by atoms with E-state index in [1.165, 1.54) is 6.92 Å². The van der Waals surface area contributed by atoms with Gasteiger partial charge in [0.15, 0.2) is 12.0 Å². The van der Waals surface area contributed by atoms with Crippen molar-refractivity contribution in [2.75, 3.05) is 6.54 Å². The first-order valence-electron chi connectivity index (χ1n) is 11.1. The average Bonchev–Trinajstić information content (AvgIpc) is 2.71. The van der Waals surface area contributed by atoms with E-state index in [2.05, 4.69) is 20.9 Å². The lowest BCUT2D eigenvalue weighted by molar-refractivity contribution is -0.145. The van der Waals surface area contributed by atoms with Gasteiger partial charge in [-0.25, -0.2) is 4.79 Å². The van der Waals surface area contributed by atoms with Crippen molar-refractivity contribution in [2.24, 2.45) is 33.8 Å². The molecule has 200 valence electrons. The summed E-state index contributed by atoms with van der Waals surface area (Å²) in [5.74, 6) is -5.00. The van der Waals surface area contributed by atoms with Gasteiger partial charge >= 0.3 is 5.97 Å². The van der Waals surface area contributed by atoms with Crippen molar-refractivity contribution in [1.82, 2.24) is 16.0 Å². The van der Waals surface area contributed by atoms with Crippen molar-refractivity contribution in [3.8, 4) is 0 Å². The van der Waals surface area contributed by atoms with Gasteiger partial charge in [-0.1, -0.05) is 13.8 Å². The molecule has 0 aliphatic rings. The minimum absolute atomic E-state index is 0.0371. The third-order valence-electron chi connectivity index (χ3n) is 4.72. The van der Waals surface area contributed by atoms with Gasteiger partial charge < -0.3 is 49.1 Å². The summed E-state index contributed by atoms with van der Waals surface area (Å²) in [7, 11) is 0. The smallest absolute Gasteiger partial charge is 0.328 e. The van der Waals surface area contributed by atoms with E-state index in [-0.39, 0.29) is 31.3 Å². The normalized spacial score (nSPS) is 15.1. The number of aliphatic imine (C=N–C) groups is 1. The number of nitrogens with one attached hydrogen (secondary N) is 3. The molecule has 0 rings (SSSR count). The molecule has 0 radical (unpaired) electrons. The topological polar surface area (TPSA) is 278 Å². The van der Waals surface area contributed by atoms with Crippen molar-refractivity contribution in [3.63, 3.8) is 0 Å². The number of carbonyl (C=O) groups is 5. The Morgan fingerprint density at radius 3 is 1.89 bits per heavy atom. The van der Waals surface area contributed by atoms with Crippen LogP contribution >= 0.6 is 0 Å². The third-order valence-corrected chi connectivity index (χ3v) is 4.72. The molecule has 0 fully saturated rings. The molecule has 0 aliphatic heterocycles. The number of carboxylic acids is 1. The van der Waals surface area contributed by atoms with Crippen LogP contribution in [0.4, 0.5) is 0 Å². The van der Waals surface area contributed by atoms with E-state index in [4.69, 9.17) is 22.9 Å². The van der Waals surface area contributed by atoms with Gasteiger partial charge in [0, 0.05) is 6.54 Å². The molecule has 0 aromatic heterocycles. The lowest BCUT2D eigenvalue weighted by atomic mass is 10.0. The molecule has 0 aliphatic carbocycles. The molecular formula is C20H38N8O7. The number of nitrogens with two attached hydrogens (primary N) is 4. The molecule has 0 saturated carbocycles. The molecule has 15 nitrogen and oxygen atoms in total. The Morgan fingerprint density at radius 1 is 0.886 bits per heavy atom. The number of nitrogens with zero attached hydrogens (tertiary/aromatic N) is 1. The summed E-state index contributed by atoms with van der Waals surface area (Å²) in [5, 5.41) is 25.7. The lowest BCUT2D eigenvalue weighted by Crippen LogP contribution is -2.58. The highest BCUT2D eigenvalue weighted by atomic mass is 16.4. The van der Waals surface area contributed by atoms with E-state index in [0.717, 1.165) is 0 Å². The second-order valence-electron chi connectivity index (χ2n) is 8.54. The highest BCUT2D eigenvalue weighted by Crippen LogP contribution is 2.06. The predicted molar refractivity (Wildman–Crippen MR) is 126 cm³/mol. The highest BCUT2D eigenvalue weighted by Gasteiger charge is 2.32. The van der Waals surface area contributed by atoms with Crippen LogP contribution in [0.25, 0.3) is 0 Å². The van der Waals surface area contributed by atoms with Crippen LogP contribution in [0, 0.1) is 5.92 Å². The van der Waals surface area contributed by atoms with Gasteiger partial charge in [0.1, 0.15) is 12.1 Å². The molecule has 5 atom stereocenters. The second kappa shape index (κ2) is 15.4. The second-order valence-corrected chi connectivity index (χ2v) is 8.54. The van der Waals surface area contributed by atoms with Gasteiger partial charge in [-0.05, 0) is 32.1 Å². The molecule has 13 N–H and O–H groups in total. The lowest BCUT2D eigenvalue weighted by Gasteiger charge is -2.25. The Labute approximate surface area is 203 Å². The number of hydrogen-bond acceptors (Lipinski definition) is 8. The van der Waals surface area contributed by atoms with Gasteiger partial charge in [0.05, 0.1) is 18.6 Å². The maximum absolute atomic E-state index is 12.9. The molecule has 0 aromatic carbocycles. The van der Waals surface area contributed by atoms with E-state index in [0.29, 0.717) is 6.42 Å². The summed E-state index contributed by atoms with van der Waals surface area (Å²) in [5.41, 5.74) is 21.6. The largest absolute Gasteiger partial charge is 0.480 e. The molecular weight excluding hydrogens is 464 g/mol. The molecule has 0 aromatic rings. The Morgan fingerprint density at radius 2 is 1.43 bits per heavy atom. The third kappa shape index (κ3) is 13.1. The summed E-state index contributed by atoms with van der Waals surface area (Å²) < 4.78 is 0. The van der Waals surface area contributed by atoms with E-state index in [1.54, 1.807) is 0 Å². The first-order valence-corrected chi connectivity index (χ1v) is 11.1. The average molecular weight is 503 g/mol. The van der Waals surface area contributed by atoms with Crippen LogP contribution in [0.2, 0.25) is 0 Å². The van der Waals surface area contributed by atoms with Gasteiger partial charge in [0.2, 0.25) is 23.6 Å². The van der Waals surface area contributed by atoms with Crippen molar-refractivity contribution in [3.05, 3.63) is 0 Å². The zero-order chi connectivity index (χ0) is 27.3. The van der Waals surface area contributed by atoms with Crippen molar-refractivity contribution in [2.45, 2.75) is 76.7 Å². The standard InChI is InChI=1S/C20H38N8O7/c1-9(2)7-11(21)16(31)27-13(8-14(22)30)18(33)26-12(5-4-6-25-20(23)24)17(32)28-15(10(3)29)19(34)35/h9-13,15,29H,4-8,21H2,1-3H3,(H2,22,30)(H,26,33)(H,27,31)(H,28,32)(H,34,35)(H4,23,24,25). The maximum atomic E-state index is 12.9. The summed E-state index contributed by atoms with van der Waals surface area (Å²) in [6.45, 7) is 4.98. The van der Waals surface area contributed by atoms with Gasteiger partial charge in [-0.3, -0.25) is 24.2 Å². The first-order chi connectivity index (χ1) is 16.1. The maximum Gasteiger partial charge on any atom is 0.328 e. The number of carboxylic acid groups (broad SMARTS) is 1. The van der Waals surface area contributed by atoms with Crippen molar-refractivity contribution in [1.29, 1.82) is 0 Å². The van der Waals surface area contributed by atoms with Gasteiger partial charge in [-0.15, -0.1) is 0 Å². The minimum Gasteiger partial charge on any atom is -0.480 e. The number of carbonyl (C=O) groups excluding carboxylic acids is 4. The fourth-order valence-corrected chi connectivity index (χ4v) is 2.99.